The second-order valence-corrected chi connectivity index (χ2v) is 7.74. The number of rotatable bonds is 6. The third-order valence-corrected chi connectivity index (χ3v) is 5.41. The average molecular weight is 405 g/mol. The van der Waals surface area contributed by atoms with Crippen LogP contribution in [-0.4, -0.2) is 58.8 Å². The van der Waals surface area contributed by atoms with Crippen molar-refractivity contribution in [3.05, 3.63) is 72.2 Å². The van der Waals surface area contributed by atoms with Crippen LogP contribution >= 0.6 is 0 Å². The van der Waals surface area contributed by atoms with Gasteiger partial charge in [-0.1, -0.05) is 18.2 Å². The van der Waals surface area contributed by atoms with E-state index in [0.717, 1.165) is 55.2 Å². The van der Waals surface area contributed by atoms with Gasteiger partial charge < -0.3 is 15.1 Å². The van der Waals surface area contributed by atoms with Gasteiger partial charge in [-0.15, -0.1) is 0 Å². The Morgan fingerprint density at radius 1 is 1.03 bits per heavy atom. The Balaban J connectivity index is 1.26. The second kappa shape index (κ2) is 9.54. The van der Waals surface area contributed by atoms with Crippen LogP contribution in [0.25, 0.3) is 5.69 Å². The van der Waals surface area contributed by atoms with E-state index in [1.165, 1.54) is 0 Å². The van der Waals surface area contributed by atoms with E-state index in [1.807, 2.05) is 42.7 Å². The highest BCUT2D eigenvalue weighted by Crippen LogP contribution is 2.14. The summed E-state index contributed by atoms with van der Waals surface area (Å²) in [5.41, 5.74) is 2.96. The molecule has 1 amide bonds. The molecule has 3 heterocycles. The van der Waals surface area contributed by atoms with E-state index in [-0.39, 0.29) is 5.91 Å². The molecule has 1 saturated heterocycles. The number of hydrogen-bond acceptors (Lipinski definition) is 5. The van der Waals surface area contributed by atoms with Crippen molar-refractivity contribution in [3.63, 3.8) is 0 Å². The van der Waals surface area contributed by atoms with Crippen LogP contribution in [0.15, 0.2) is 61.1 Å². The minimum atomic E-state index is 0.00136. The highest BCUT2D eigenvalue weighted by molar-refractivity contribution is 5.78. The lowest BCUT2D eigenvalue weighted by molar-refractivity contribution is -0.120. The summed E-state index contributed by atoms with van der Waals surface area (Å²) in [5, 5.41) is 7.20. The number of amides is 1. The van der Waals surface area contributed by atoms with E-state index in [0.29, 0.717) is 13.0 Å². The molecule has 30 heavy (non-hydrogen) atoms. The number of pyridine rings is 1. The van der Waals surface area contributed by atoms with Gasteiger partial charge in [-0.3, -0.25) is 4.79 Å². The molecule has 1 aromatic carbocycles. The first kappa shape index (κ1) is 20.1. The standard InChI is InChI=1S/C23H28N6O/c1-27-11-3-12-28(15-14-27)22-9-6-20(17-24-22)18-25-23(30)16-19-4-7-21(8-5-19)29-13-2-10-26-29/h2,4-10,13,17H,3,11-12,14-16,18H2,1H3,(H,25,30). The first-order valence-corrected chi connectivity index (χ1v) is 10.4. The number of carbonyl (C=O) groups excluding carboxylic acids is 1. The molecule has 0 unspecified atom stereocenters. The zero-order valence-corrected chi connectivity index (χ0v) is 17.4. The maximum absolute atomic E-state index is 12.3. The van der Waals surface area contributed by atoms with E-state index < -0.39 is 0 Å². The predicted molar refractivity (Wildman–Crippen MR) is 118 cm³/mol. The number of hydrogen-bond donors (Lipinski definition) is 1. The molecular weight excluding hydrogens is 376 g/mol. The van der Waals surface area contributed by atoms with Gasteiger partial charge in [0.05, 0.1) is 12.1 Å². The monoisotopic (exact) mass is 404 g/mol. The molecule has 1 fully saturated rings. The van der Waals surface area contributed by atoms with Crippen molar-refractivity contribution in [2.75, 3.05) is 38.1 Å². The Hall–Kier alpha value is -3.19. The van der Waals surface area contributed by atoms with Crippen molar-refractivity contribution >= 4 is 11.7 Å². The van der Waals surface area contributed by atoms with Crippen molar-refractivity contribution in [2.45, 2.75) is 19.4 Å². The van der Waals surface area contributed by atoms with E-state index >= 15 is 0 Å². The fourth-order valence-electron chi connectivity index (χ4n) is 3.62. The van der Waals surface area contributed by atoms with Crippen molar-refractivity contribution in [3.8, 4) is 5.69 Å². The third kappa shape index (κ3) is 5.24. The van der Waals surface area contributed by atoms with E-state index in [2.05, 4.69) is 44.4 Å². The van der Waals surface area contributed by atoms with Gasteiger partial charge in [-0.25, -0.2) is 9.67 Å². The van der Waals surface area contributed by atoms with Crippen LogP contribution in [0.1, 0.15) is 17.5 Å². The Kier molecular flexibility index (Phi) is 6.39. The topological polar surface area (TPSA) is 66.3 Å². The molecule has 1 aliphatic rings. The van der Waals surface area contributed by atoms with E-state index in [9.17, 15) is 4.79 Å². The summed E-state index contributed by atoms with van der Waals surface area (Å²) in [4.78, 5) is 21.6. The number of nitrogens with one attached hydrogen (secondary N) is 1. The summed E-state index contributed by atoms with van der Waals surface area (Å²) in [7, 11) is 2.16. The lowest BCUT2D eigenvalue weighted by atomic mass is 10.1. The molecular formula is C23H28N6O. The molecule has 2 aromatic heterocycles. The summed E-state index contributed by atoms with van der Waals surface area (Å²) in [6.45, 7) is 4.71. The zero-order chi connectivity index (χ0) is 20.8. The van der Waals surface area contributed by atoms with Gasteiger partial charge in [0.15, 0.2) is 0 Å². The molecule has 0 atom stereocenters. The van der Waals surface area contributed by atoms with Crippen LogP contribution in [0.2, 0.25) is 0 Å². The summed E-state index contributed by atoms with van der Waals surface area (Å²) in [6.07, 6.45) is 7.01. The number of nitrogens with zero attached hydrogens (tertiary/aromatic N) is 5. The van der Waals surface area contributed by atoms with Crippen LogP contribution < -0.4 is 10.2 Å². The number of carbonyl (C=O) groups is 1. The fourth-order valence-corrected chi connectivity index (χ4v) is 3.62. The normalized spacial score (nSPS) is 15.0. The lowest BCUT2D eigenvalue weighted by Gasteiger charge is -2.21. The Labute approximate surface area is 177 Å². The molecule has 1 N–H and O–H groups in total. The highest BCUT2D eigenvalue weighted by atomic mass is 16.1. The van der Waals surface area contributed by atoms with Crippen molar-refractivity contribution in [2.24, 2.45) is 0 Å². The maximum Gasteiger partial charge on any atom is 0.224 e. The van der Waals surface area contributed by atoms with E-state index in [4.69, 9.17) is 0 Å². The van der Waals surface area contributed by atoms with Crippen molar-refractivity contribution in [1.29, 1.82) is 0 Å². The SMILES string of the molecule is CN1CCCN(c2ccc(CNC(=O)Cc3ccc(-n4cccn4)cc3)cn2)CC1. The minimum absolute atomic E-state index is 0.00136. The number of benzene rings is 1. The smallest absolute Gasteiger partial charge is 0.224 e. The number of anilines is 1. The number of likely N-dealkylation sites (N-methyl/N-ethyl adjacent to an activating group) is 1. The van der Waals surface area contributed by atoms with Gasteiger partial charge in [-0.2, -0.15) is 5.10 Å². The van der Waals surface area contributed by atoms with Crippen LogP contribution in [0.3, 0.4) is 0 Å². The van der Waals surface area contributed by atoms with Gasteiger partial charge in [0.2, 0.25) is 5.91 Å². The van der Waals surface area contributed by atoms with Crippen LogP contribution in [-0.2, 0) is 17.8 Å². The summed E-state index contributed by atoms with van der Waals surface area (Å²) < 4.78 is 1.80. The van der Waals surface area contributed by atoms with E-state index in [1.54, 1.807) is 10.9 Å². The van der Waals surface area contributed by atoms with Gasteiger partial charge >= 0.3 is 0 Å². The second-order valence-electron chi connectivity index (χ2n) is 7.74. The average Bonchev–Trinajstić information content (AvgIpc) is 3.22. The summed E-state index contributed by atoms with van der Waals surface area (Å²) >= 11 is 0. The van der Waals surface area contributed by atoms with Gasteiger partial charge in [0, 0.05) is 44.8 Å². The minimum Gasteiger partial charge on any atom is -0.355 e. The third-order valence-electron chi connectivity index (χ3n) is 5.41. The lowest BCUT2D eigenvalue weighted by Crippen LogP contribution is -2.29. The summed E-state index contributed by atoms with van der Waals surface area (Å²) in [5.74, 6) is 1.01. The molecule has 7 nitrogen and oxygen atoms in total. The maximum atomic E-state index is 12.3. The molecule has 3 aromatic rings. The zero-order valence-electron chi connectivity index (χ0n) is 17.4. The van der Waals surface area contributed by atoms with Crippen molar-refractivity contribution < 1.29 is 4.79 Å². The molecule has 0 aliphatic carbocycles. The first-order valence-electron chi connectivity index (χ1n) is 10.4. The van der Waals surface area contributed by atoms with Crippen LogP contribution in [0, 0.1) is 0 Å². The predicted octanol–water partition coefficient (Wildman–Crippen LogP) is 2.27. The van der Waals surface area contributed by atoms with Gasteiger partial charge in [0.1, 0.15) is 5.82 Å². The van der Waals surface area contributed by atoms with Crippen LogP contribution in [0.5, 0.6) is 0 Å². The molecule has 0 spiro atoms. The molecule has 0 saturated carbocycles. The van der Waals surface area contributed by atoms with Crippen LogP contribution in [0.4, 0.5) is 5.82 Å². The molecule has 0 radical (unpaired) electrons. The highest BCUT2D eigenvalue weighted by Gasteiger charge is 2.13. The Morgan fingerprint density at radius 3 is 2.60 bits per heavy atom. The number of aromatic nitrogens is 3. The first-order chi connectivity index (χ1) is 14.7. The Bertz CT molecular complexity index is 937. The molecule has 156 valence electrons. The molecule has 7 heteroatoms. The molecule has 1 aliphatic heterocycles. The molecule has 0 bridgehead atoms. The largest absolute Gasteiger partial charge is 0.355 e. The van der Waals surface area contributed by atoms with Gasteiger partial charge in [0.25, 0.3) is 0 Å². The Morgan fingerprint density at radius 2 is 1.87 bits per heavy atom. The quantitative estimate of drug-likeness (QED) is 0.683. The van der Waals surface area contributed by atoms with Gasteiger partial charge in [-0.05, 0) is 55.4 Å². The molecule has 4 rings (SSSR count). The fraction of sp³-hybridized carbons (Fsp3) is 0.348. The summed E-state index contributed by atoms with van der Waals surface area (Å²) in [6, 6.07) is 13.9. The van der Waals surface area contributed by atoms with Crippen molar-refractivity contribution in [1.82, 2.24) is 25.0 Å².